The number of aromatic nitrogens is 1. The Morgan fingerprint density at radius 2 is 1.94 bits per heavy atom. The number of nitrogens with zero attached hydrogens (tertiary/aromatic N) is 4. The third-order valence-electron chi connectivity index (χ3n) is 5.30. The third-order valence-corrected chi connectivity index (χ3v) is 5.72. The van der Waals surface area contributed by atoms with Crippen molar-refractivity contribution < 1.29 is 19.1 Å². The first kappa shape index (κ1) is 26.7. The lowest BCUT2D eigenvalue weighted by Gasteiger charge is -2.22. The van der Waals surface area contributed by atoms with Gasteiger partial charge in [0, 0.05) is 42.3 Å². The Hall–Kier alpha value is -3.59. The molecule has 0 radical (unpaired) electrons. The Morgan fingerprint density at radius 3 is 2.56 bits per heavy atom. The van der Waals surface area contributed by atoms with Gasteiger partial charge in [-0.2, -0.15) is 10.5 Å². The van der Waals surface area contributed by atoms with Crippen LogP contribution in [-0.2, 0) is 25.6 Å². The van der Waals surface area contributed by atoms with Crippen LogP contribution in [0.1, 0.15) is 28.9 Å². The number of nitriles is 2. The van der Waals surface area contributed by atoms with Gasteiger partial charge in [0.1, 0.15) is 11.6 Å². The molecule has 0 atom stereocenters. The van der Waals surface area contributed by atoms with Gasteiger partial charge in [-0.25, -0.2) is 4.79 Å². The van der Waals surface area contributed by atoms with Crippen molar-refractivity contribution in [2.45, 2.75) is 33.7 Å². The van der Waals surface area contributed by atoms with Crippen LogP contribution in [-0.4, -0.2) is 43.3 Å². The second-order valence-electron chi connectivity index (χ2n) is 7.60. The summed E-state index contributed by atoms with van der Waals surface area (Å²) in [6, 6.07) is 10.8. The number of anilines is 1. The van der Waals surface area contributed by atoms with Gasteiger partial charge in [-0.15, -0.1) is 0 Å². The smallest absolute Gasteiger partial charge is 0.349 e. The van der Waals surface area contributed by atoms with Crippen LogP contribution in [0.2, 0.25) is 5.02 Å². The number of rotatable bonds is 10. The van der Waals surface area contributed by atoms with Crippen molar-refractivity contribution in [2.75, 3.05) is 31.8 Å². The fourth-order valence-corrected chi connectivity index (χ4v) is 3.55. The van der Waals surface area contributed by atoms with E-state index < -0.39 is 18.5 Å². The van der Waals surface area contributed by atoms with E-state index in [1.807, 2.05) is 36.6 Å². The fraction of sp³-hybridized carbons (Fsp3) is 0.360. The van der Waals surface area contributed by atoms with Gasteiger partial charge in [-0.3, -0.25) is 4.79 Å². The number of ether oxygens (including phenoxy) is 2. The Balaban J connectivity index is 2.16. The number of hydrogen-bond donors (Lipinski definition) is 0. The van der Waals surface area contributed by atoms with Crippen molar-refractivity contribution in [2.24, 2.45) is 0 Å². The molecule has 0 bridgehead atoms. The number of hydrogen-bond acceptors (Lipinski definition) is 6. The normalized spacial score (nSPS) is 11.0. The number of carbonyl (C=O) groups excluding carboxylic acids is 2. The van der Waals surface area contributed by atoms with E-state index in [2.05, 4.69) is 0 Å². The van der Waals surface area contributed by atoms with Crippen LogP contribution < -0.4 is 4.90 Å². The van der Waals surface area contributed by atoms with E-state index in [1.54, 1.807) is 32.2 Å². The minimum absolute atomic E-state index is 0.101. The quantitative estimate of drug-likeness (QED) is 0.286. The second-order valence-corrected chi connectivity index (χ2v) is 8.01. The van der Waals surface area contributed by atoms with Crippen molar-refractivity contribution in [1.82, 2.24) is 4.57 Å². The molecule has 9 heteroatoms. The first-order valence-corrected chi connectivity index (χ1v) is 11.0. The third kappa shape index (κ3) is 6.71. The average Bonchev–Trinajstić information content (AvgIpc) is 3.08. The molecule has 2 rings (SSSR count). The zero-order valence-electron chi connectivity index (χ0n) is 19.7. The van der Waals surface area contributed by atoms with Crippen LogP contribution >= 0.6 is 11.6 Å². The predicted molar refractivity (Wildman–Crippen MR) is 129 cm³/mol. The van der Waals surface area contributed by atoms with Gasteiger partial charge in [-0.05, 0) is 62.2 Å². The summed E-state index contributed by atoms with van der Waals surface area (Å²) in [4.78, 5) is 26.7. The SMILES string of the molecule is COCCn1c(C)cc(/C=C(\C#N)C(=O)OCC(=O)N(CCC#N)c2ccc(Cl)c(C)c2)c1C. The van der Waals surface area contributed by atoms with E-state index in [-0.39, 0.29) is 18.5 Å². The monoisotopic (exact) mass is 482 g/mol. The van der Waals surface area contributed by atoms with Gasteiger partial charge in [0.2, 0.25) is 0 Å². The molecule has 1 amide bonds. The Bertz CT molecular complexity index is 1170. The van der Waals surface area contributed by atoms with Crippen LogP contribution in [0.3, 0.4) is 0 Å². The maximum absolute atomic E-state index is 12.8. The summed E-state index contributed by atoms with van der Waals surface area (Å²) < 4.78 is 12.3. The molecule has 8 nitrogen and oxygen atoms in total. The van der Waals surface area contributed by atoms with Gasteiger partial charge < -0.3 is 18.9 Å². The standard InChI is InChI=1S/C25H27ClN4O4/c1-17-12-22(6-7-23(17)26)30(9-5-8-27)24(31)16-34-25(32)21(15-28)14-20-13-18(2)29(19(20)3)10-11-33-4/h6-7,12-14H,5,9-11,16H2,1-4H3/b21-14+. The first-order valence-electron chi connectivity index (χ1n) is 10.6. The van der Waals surface area contributed by atoms with Crippen LogP contribution in [0, 0.1) is 43.4 Å². The molecule has 0 saturated heterocycles. The Labute approximate surface area is 204 Å². The average molecular weight is 483 g/mol. The highest BCUT2D eigenvalue weighted by Gasteiger charge is 2.20. The summed E-state index contributed by atoms with van der Waals surface area (Å²) in [6.07, 6.45) is 1.55. The highest BCUT2D eigenvalue weighted by Crippen LogP contribution is 2.23. The van der Waals surface area contributed by atoms with E-state index in [1.165, 1.54) is 11.0 Å². The molecule has 1 aromatic carbocycles. The molecular formula is C25H27ClN4O4. The van der Waals surface area contributed by atoms with E-state index in [0.29, 0.717) is 29.4 Å². The largest absolute Gasteiger partial charge is 0.451 e. The lowest BCUT2D eigenvalue weighted by atomic mass is 10.1. The fourth-order valence-electron chi connectivity index (χ4n) is 3.43. The molecule has 0 unspecified atom stereocenters. The molecule has 0 spiro atoms. The number of aryl methyl sites for hydroxylation is 2. The van der Waals surface area contributed by atoms with Crippen molar-refractivity contribution in [3.63, 3.8) is 0 Å². The first-order chi connectivity index (χ1) is 16.2. The van der Waals surface area contributed by atoms with Crippen LogP contribution in [0.15, 0.2) is 29.8 Å². The summed E-state index contributed by atoms with van der Waals surface area (Å²) in [5, 5.41) is 19.0. The molecule has 0 fully saturated rings. The van der Waals surface area contributed by atoms with Gasteiger partial charge in [0.05, 0.1) is 19.1 Å². The van der Waals surface area contributed by atoms with Gasteiger partial charge in [0.15, 0.2) is 6.61 Å². The second kappa shape index (κ2) is 12.6. The van der Waals surface area contributed by atoms with Crippen molar-refractivity contribution in [3.05, 3.63) is 57.4 Å². The van der Waals surface area contributed by atoms with E-state index in [0.717, 1.165) is 17.0 Å². The molecule has 0 aliphatic heterocycles. The van der Waals surface area contributed by atoms with Crippen LogP contribution in [0.25, 0.3) is 6.08 Å². The Morgan fingerprint density at radius 1 is 1.21 bits per heavy atom. The van der Waals surface area contributed by atoms with Gasteiger partial charge in [0.25, 0.3) is 5.91 Å². The highest BCUT2D eigenvalue weighted by molar-refractivity contribution is 6.31. The predicted octanol–water partition coefficient (Wildman–Crippen LogP) is 4.11. The molecular weight excluding hydrogens is 456 g/mol. The molecule has 1 heterocycles. The topological polar surface area (TPSA) is 108 Å². The molecule has 0 aliphatic rings. The number of amides is 1. The summed E-state index contributed by atoms with van der Waals surface area (Å²) in [5.74, 6) is -1.41. The molecule has 0 saturated carbocycles. The van der Waals surface area contributed by atoms with Crippen molar-refractivity contribution in [3.8, 4) is 12.1 Å². The van der Waals surface area contributed by atoms with Gasteiger partial charge >= 0.3 is 5.97 Å². The summed E-state index contributed by atoms with van der Waals surface area (Å²) >= 11 is 6.07. The minimum Gasteiger partial charge on any atom is -0.451 e. The maximum Gasteiger partial charge on any atom is 0.349 e. The van der Waals surface area contributed by atoms with Crippen molar-refractivity contribution in [1.29, 1.82) is 10.5 Å². The number of benzene rings is 1. The molecule has 2 aromatic rings. The zero-order valence-corrected chi connectivity index (χ0v) is 20.5. The Kier molecular flexibility index (Phi) is 9.88. The lowest BCUT2D eigenvalue weighted by molar-refractivity contribution is -0.143. The molecule has 0 N–H and O–H groups in total. The van der Waals surface area contributed by atoms with Crippen LogP contribution in [0.5, 0.6) is 0 Å². The van der Waals surface area contributed by atoms with Gasteiger partial charge in [-0.1, -0.05) is 11.6 Å². The number of carbonyl (C=O) groups is 2. The molecule has 34 heavy (non-hydrogen) atoms. The summed E-state index contributed by atoms with van der Waals surface area (Å²) in [5.41, 5.74) is 3.65. The summed E-state index contributed by atoms with van der Waals surface area (Å²) in [6.45, 7) is 6.35. The number of esters is 1. The van der Waals surface area contributed by atoms with E-state index >= 15 is 0 Å². The number of methoxy groups -OCH3 is 1. The number of halogens is 1. The summed E-state index contributed by atoms with van der Waals surface area (Å²) in [7, 11) is 1.62. The van der Waals surface area contributed by atoms with E-state index in [9.17, 15) is 14.9 Å². The zero-order chi connectivity index (χ0) is 25.3. The van der Waals surface area contributed by atoms with E-state index in [4.69, 9.17) is 26.3 Å². The minimum atomic E-state index is -0.898. The van der Waals surface area contributed by atoms with Crippen molar-refractivity contribution >= 4 is 35.2 Å². The lowest BCUT2D eigenvalue weighted by Crippen LogP contribution is -2.35. The highest BCUT2D eigenvalue weighted by atomic mass is 35.5. The molecule has 178 valence electrons. The maximum atomic E-state index is 12.8. The molecule has 0 aliphatic carbocycles. The van der Waals surface area contributed by atoms with Crippen LogP contribution in [0.4, 0.5) is 5.69 Å². The molecule has 1 aromatic heterocycles.